The summed E-state index contributed by atoms with van der Waals surface area (Å²) in [6.45, 7) is 3.24. The maximum Gasteiger partial charge on any atom is 0.227 e. The molecule has 3 heterocycles. The van der Waals surface area contributed by atoms with Crippen LogP contribution in [0.5, 0.6) is 0 Å². The number of carbonyl (C=O) groups excluding carboxylic acids is 1. The first kappa shape index (κ1) is 16.0. The molecule has 122 valence electrons. The predicted molar refractivity (Wildman–Crippen MR) is 87.9 cm³/mol. The molecule has 0 aliphatic carbocycles. The molecule has 1 aromatic heterocycles. The van der Waals surface area contributed by atoms with Gasteiger partial charge in [0.25, 0.3) is 0 Å². The van der Waals surface area contributed by atoms with Crippen molar-refractivity contribution in [2.75, 3.05) is 37.7 Å². The van der Waals surface area contributed by atoms with Crippen LogP contribution in [0.2, 0.25) is 0 Å². The minimum Gasteiger partial charge on any atom is -0.340 e. The standard InChI is InChI=1S/C15H22N2O3S2/c18-15(12-14-2-1-9-21-14)17-7-5-16(6-8-17)13-3-10-22(19,20)11-4-13/h1-2,9,13H,3-8,10-12H2. The van der Waals surface area contributed by atoms with E-state index in [1.165, 1.54) is 0 Å². The Hall–Kier alpha value is -0.920. The third-order valence-electron chi connectivity index (χ3n) is 4.61. The summed E-state index contributed by atoms with van der Waals surface area (Å²) in [7, 11) is -2.80. The Morgan fingerprint density at radius 3 is 2.45 bits per heavy atom. The van der Waals surface area contributed by atoms with Crippen molar-refractivity contribution in [1.29, 1.82) is 0 Å². The fourth-order valence-corrected chi connectivity index (χ4v) is 5.42. The van der Waals surface area contributed by atoms with Crippen LogP contribution in [0.4, 0.5) is 0 Å². The second-order valence-electron chi connectivity index (χ2n) is 6.06. The summed E-state index contributed by atoms with van der Waals surface area (Å²) in [5.41, 5.74) is 0. The summed E-state index contributed by atoms with van der Waals surface area (Å²) in [6, 6.07) is 4.35. The van der Waals surface area contributed by atoms with E-state index in [-0.39, 0.29) is 5.91 Å². The molecule has 2 saturated heterocycles. The summed E-state index contributed by atoms with van der Waals surface area (Å²) in [5, 5.41) is 2.00. The molecular weight excluding hydrogens is 320 g/mol. The van der Waals surface area contributed by atoms with Crippen LogP contribution < -0.4 is 0 Å². The number of hydrogen-bond acceptors (Lipinski definition) is 5. The van der Waals surface area contributed by atoms with Crippen molar-refractivity contribution in [1.82, 2.24) is 9.80 Å². The first-order chi connectivity index (χ1) is 10.5. The van der Waals surface area contributed by atoms with Crippen LogP contribution in [0.15, 0.2) is 17.5 Å². The van der Waals surface area contributed by atoms with Crippen molar-refractivity contribution >= 4 is 27.1 Å². The molecule has 22 heavy (non-hydrogen) atoms. The number of sulfone groups is 1. The Morgan fingerprint density at radius 2 is 1.86 bits per heavy atom. The number of piperazine rings is 1. The molecule has 0 spiro atoms. The normalized spacial score (nSPS) is 23.5. The monoisotopic (exact) mass is 342 g/mol. The zero-order valence-corrected chi connectivity index (χ0v) is 14.2. The van der Waals surface area contributed by atoms with Gasteiger partial charge in [-0.2, -0.15) is 0 Å². The van der Waals surface area contributed by atoms with E-state index in [1.54, 1.807) is 11.3 Å². The molecule has 0 aromatic carbocycles. The van der Waals surface area contributed by atoms with Gasteiger partial charge in [-0.25, -0.2) is 8.42 Å². The van der Waals surface area contributed by atoms with Crippen LogP contribution in [0, 0.1) is 0 Å². The zero-order chi connectivity index (χ0) is 15.6. The highest BCUT2D eigenvalue weighted by Gasteiger charge is 2.30. The van der Waals surface area contributed by atoms with Crippen molar-refractivity contribution in [2.24, 2.45) is 0 Å². The SMILES string of the molecule is O=C(Cc1cccs1)N1CCN(C2CCS(=O)(=O)CC2)CC1. The van der Waals surface area contributed by atoms with E-state index in [9.17, 15) is 13.2 Å². The molecule has 0 bridgehead atoms. The molecule has 0 atom stereocenters. The van der Waals surface area contributed by atoms with E-state index >= 15 is 0 Å². The van der Waals surface area contributed by atoms with Crippen LogP contribution >= 0.6 is 11.3 Å². The fraction of sp³-hybridized carbons (Fsp3) is 0.667. The molecule has 3 rings (SSSR count). The van der Waals surface area contributed by atoms with Crippen LogP contribution in [-0.2, 0) is 21.1 Å². The molecule has 0 saturated carbocycles. The molecule has 0 N–H and O–H groups in total. The summed E-state index contributed by atoms with van der Waals surface area (Å²) in [4.78, 5) is 17.7. The van der Waals surface area contributed by atoms with Crippen LogP contribution in [0.1, 0.15) is 17.7 Å². The summed E-state index contributed by atoms with van der Waals surface area (Å²) < 4.78 is 23.0. The number of rotatable bonds is 3. The van der Waals surface area contributed by atoms with Crippen LogP contribution in [0.25, 0.3) is 0 Å². The zero-order valence-electron chi connectivity index (χ0n) is 12.6. The number of hydrogen-bond donors (Lipinski definition) is 0. The smallest absolute Gasteiger partial charge is 0.227 e. The molecule has 1 aromatic rings. The number of thiophene rings is 1. The lowest BCUT2D eigenvalue weighted by Gasteiger charge is -2.40. The van der Waals surface area contributed by atoms with Gasteiger partial charge in [-0.15, -0.1) is 11.3 Å². The molecule has 1 amide bonds. The maximum atomic E-state index is 12.3. The van der Waals surface area contributed by atoms with E-state index in [1.807, 2.05) is 22.4 Å². The lowest BCUT2D eigenvalue weighted by molar-refractivity contribution is -0.132. The van der Waals surface area contributed by atoms with Gasteiger partial charge in [0.2, 0.25) is 5.91 Å². The van der Waals surface area contributed by atoms with E-state index in [0.29, 0.717) is 24.0 Å². The number of amides is 1. The average molecular weight is 342 g/mol. The quantitative estimate of drug-likeness (QED) is 0.823. The topological polar surface area (TPSA) is 57.7 Å². The Labute approximate surface area is 135 Å². The van der Waals surface area contributed by atoms with Gasteiger partial charge in [0.15, 0.2) is 0 Å². The van der Waals surface area contributed by atoms with Crippen LogP contribution in [-0.4, -0.2) is 67.9 Å². The molecular formula is C15H22N2O3S2. The van der Waals surface area contributed by atoms with E-state index < -0.39 is 9.84 Å². The van der Waals surface area contributed by atoms with Crippen molar-refractivity contribution in [3.63, 3.8) is 0 Å². The van der Waals surface area contributed by atoms with Gasteiger partial charge in [-0.1, -0.05) is 6.07 Å². The van der Waals surface area contributed by atoms with Gasteiger partial charge >= 0.3 is 0 Å². The maximum absolute atomic E-state index is 12.3. The Morgan fingerprint density at radius 1 is 1.18 bits per heavy atom. The lowest BCUT2D eigenvalue weighted by Crippen LogP contribution is -2.53. The van der Waals surface area contributed by atoms with Gasteiger partial charge in [0.1, 0.15) is 9.84 Å². The van der Waals surface area contributed by atoms with Gasteiger partial charge in [-0.3, -0.25) is 9.69 Å². The van der Waals surface area contributed by atoms with Gasteiger partial charge in [0.05, 0.1) is 17.9 Å². The summed E-state index contributed by atoms with van der Waals surface area (Å²) >= 11 is 1.62. The minimum absolute atomic E-state index is 0.202. The van der Waals surface area contributed by atoms with Crippen molar-refractivity contribution in [2.45, 2.75) is 25.3 Å². The van der Waals surface area contributed by atoms with Crippen LogP contribution in [0.3, 0.4) is 0 Å². The second kappa shape index (κ2) is 6.68. The fourth-order valence-electron chi connectivity index (χ4n) is 3.25. The summed E-state index contributed by atoms with van der Waals surface area (Å²) in [6.07, 6.45) is 1.98. The lowest BCUT2D eigenvalue weighted by atomic mass is 10.1. The number of nitrogens with zero attached hydrogens (tertiary/aromatic N) is 2. The molecule has 5 nitrogen and oxygen atoms in total. The molecule has 2 aliphatic rings. The first-order valence-electron chi connectivity index (χ1n) is 7.78. The van der Waals surface area contributed by atoms with E-state index in [4.69, 9.17) is 0 Å². The third kappa shape index (κ3) is 3.88. The Kier molecular flexibility index (Phi) is 4.84. The van der Waals surface area contributed by atoms with Gasteiger partial charge in [-0.05, 0) is 24.3 Å². The summed E-state index contributed by atoms with van der Waals surface area (Å²) in [5.74, 6) is 0.831. The van der Waals surface area contributed by atoms with Gasteiger partial charge < -0.3 is 4.90 Å². The highest BCUT2D eigenvalue weighted by Crippen LogP contribution is 2.20. The Balaban J connectivity index is 1.47. The van der Waals surface area contributed by atoms with E-state index in [2.05, 4.69) is 4.90 Å². The average Bonchev–Trinajstić information content (AvgIpc) is 3.00. The second-order valence-corrected chi connectivity index (χ2v) is 9.39. The first-order valence-corrected chi connectivity index (χ1v) is 10.5. The highest BCUT2D eigenvalue weighted by molar-refractivity contribution is 7.91. The van der Waals surface area contributed by atoms with Crippen molar-refractivity contribution in [3.05, 3.63) is 22.4 Å². The predicted octanol–water partition coefficient (Wildman–Crippen LogP) is 1.01. The Bertz CT molecular complexity index is 591. The minimum atomic E-state index is -2.80. The van der Waals surface area contributed by atoms with Gasteiger partial charge in [0, 0.05) is 37.1 Å². The van der Waals surface area contributed by atoms with E-state index in [0.717, 1.165) is 43.9 Å². The molecule has 7 heteroatoms. The van der Waals surface area contributed by atoms with Crippen molar-refractivity contribution < 1.29 is 13.2 Å². The molecule has 0 unspecified atom stereocenters. The largest absolute Gasteiger partial charge is 0.340 e. The molecule has 2 aliphatic heterocycles. The highest BCUT2D eigenvalue weighted by atomic mass is 32.2. The number of carbonyl (C=O) groups is 1. The molecule has 2 fully saturated rings. The molecule has 0 radical (unpaired) electrons. The van der Waals surface area contributed by atoms with Crippen molar-refractivity contribution in [3.8, 4) is 0 Å². The third-order valence-corrected chi connectivity index (χ3v) is 7.20.